The van der Waals surface area contributed by atoms with E-state index in [0.29, 0.717) is 0 Å². The Hall–Kier alpha value is -1.59. The second-order valence-corrected chi connectivity index (χ2v) is 5.90. The van der Waals surface area contributed by atoms with Gasteiger partial charge in [0.15, 0.2) is 0 Å². The number of piperazine rings is 1. The van der Waals surface area contributed by atoms with Crippen LogP contribution in [0, 0.1) is 0 Å². The van der Waals surface area contributed by atoms with Gasteiger partial charge in [0.2, 0.25) is 0 Å². The van der Waals surface area contributed by atoms with E-state index in [4.69, 9.17) is 0 Å². The standard InChI is InChI=1S/C16H24N4O/c1-17-8-5-9-20(16(17)21)19-12-10-18(11-13-19)14-15-6-3-2-4-7-15/h2-4,6-7H,5,8-14H2,1H3. The Morgan fingerprint density at radius 3 is 2.38 bits per heavy atom. The van der Waals surface area contributed by atoms with E-state index in [9.17, 15) is 4.79 Å². The first kappa shape index (κ1) is 14.4. The SMILES string of the molecule is CN1CCCN(N2CCN(Cc3ccccc3)CC2)C1=O. The van der Waals surface area contributed by atoms with Crippen molar-refractivity contribution >= 4 is 6.03 Å². The van der Waals surface area contributed by atoms with Crippen molar-refractivity contribution in [1.82, 2.24) is 19.8 Å². The van der Waals surface area contributed by atoms with E-state index >= 15 is 0 Å². The van der Waals surface area contributed by atoms with Crippen LogP contribution in [0.25, 0.3) is 0 Å². The molecule has 2 saturated heterocycles. The van der Waals surface area contributed by atoms with Crippen molar-refractivity contribution in [2.75, 3.05) is 46.3 Å². The summed E-state index contributed by atoms with van der Waals surface area (Å²) in [6.07, 6.45) is 1.06. The number of hydrogen-bond acceptors (Lipinski definition) is 3. The van der Waals surface area contributed by atoms with Gasteiger partial charge in [0.25, 0.3) is 0 Å². The molecule has 5 nitrogen and oxygen atoms in total. The van der Waals surface area contributed by atoms with Crippen LogP contribution in [0.2, 0.25) is 0 Å². The Morgan fingerprint density at radius 1 is 0.952 bits per heavy atom. The van der Waals surface area contributed by atoms with Gasteiger partial charge in [-0.2, -0.15) is 0 Å². The number of hydrazine groups is 1. The molecule has 2 fully saturated rings. The quantitative estimate of drug-likeness (QED) is 0.844. The molecule has 2 aliphatic rings. The number of rotatable bonds is 3. The van der Waals surface area contributed by atoms with E-state index in [1.54, 1.807) is 0 Å². The summed E-state index contributed by atoms with van der Waals surface area (Å²) in [5.41, 5.74) is 1.36. The number of nitrogens with zero attached hydrogens (tertiary/aromatic N) is 4. The molecule has 3 rings (SSSR count). The summed E-state index contributed by atoms with van der Waals surface area (Å²) >= 11 is 0. The van der Waals surface area contributed by atoms with Crippen LogP contribution in [-0.4, -0.2) is 72.2 Å². The molecule has 2 amide bonds. The average molecular weight is 288 g/mol. The molecule has 2 heterocycles. The predicted octanol–water partition coefficient (Wildman–Crippen LogP) is 1.48. The van der Waals surface area contributed by atoms with Gasteiger partial charge in [0.1, 0.15) is 0 Å². The fraction of sp³-hybridized carbons (Fsp3) is 0.562. The molecule has 0 spiro atoms. The average Bonchev–Trinajstić information content (AvgIpc) is 2.52. The molecule has 21 heavy (non-hydrogen) atoms. The van der Waals surface area contributed by atoms with Crippen LogP contribution >= 0.6 is 0 Å². The van der Waals surface area contributed by atoms with Gasteiger partial charge in [0.05, 0.1) is 0 Å². The zero-order valence-corrected chi connectivity index (χ0v) is 12.7. The minimum atomic E-state index is 0.151. The van der Waals surface area contributed by atoms with Gasteiger partial charge < -0.3 is 4.90 Å². The molecule has 0 bridgehead atoms. The van der Waals surface area contributed by atoms with Gasteiger partial charge in [-0.3, -0.25) is 9.91 Å². The normalized spacial score (nSPS) is 21.9. The summed E-state index contributed by atoms with van der Waals surface area (Å²) in [4.78, 5) is 16.5. The van der Waals surface area contributed by atoms with E-state index in [-0.39, 0.29) is 6.03 Å². The maximum Gasteiger partial charge on any atom is 0.334 e. The van der Waals surface area contributed by atoms with Crippen LogP contribution in [0.1, 0.15) is 12.0 Å². The van der Waals surface area contributed by atoms with Crippen LogP contribution in [0.5, 0.6) is 0 Å². The minimum Gasteiger partial charge on any atom is -0.327 e. The van der Waals surface area contributed by atoms with Gasteiger partial charge in [-0.25, -0.2) is 9.80 Å². The Morgan fingerprint density at radius 2 is 1.67 bits per heavy atom. The van der Waals surface area contributed by atoms with Crippen molar-refractivity contribution in [1.29, 1.82) is 0 Å². The van der Waals surface area contributed by atoms with E-state index in [1.807, 2.05) is 17.0 Å². The molecule has 0 aliphatic carbocycles. The molecule has 0 atom stereocenters. The topological polar surface area (TPSA) is 30.0 Å². The number of urea groups is 1. The van der Waals surface area contributed by atoms with E-state index < -0.39 is 0 Å². The minimum absolute atomic E-state index is 0.151. The van der Waals surface area contributed by atoms with Crippen LogP contribution in [-0.2, 0) is 6.54 Å². The third-order valence-corrected chi connectivity index (χ3v) is 4.35. The second kappa shape index (κ2) is 6.45. The Balaban J connectivity index is 1.52. The monoisotopic (exact) mass is 288 g/mol. The molecule has 5 heteroatoms. The molecule has 1 aromatic carbocycles. The van der Waals surface area contributed by atoms with E-state index in [1.165, 1.54) is 5.56 Å². The van der Waals surface area contributed by atoms with Crippen LogP contribution in [0.4, 0.5) is 4.79 Å². The molecule has 114 valence electrons. The first-order chi connectivity index (χ1) is 10.2. The van der Waals surface area contributed by atoms with Gasteiger partial charge in [-0.15, -0.1) is 0 Å². The van der Waals surface area contributed by atoms with Crippen LogP contribution < -0.4 is 0 Å². The van der Waals surface area contributed by atoms with Gasteiger partial charge in [-0.05, 0) is 12.0 Å². The van der Waals surface area contributed by atoms with E-state index in [2.05, 4.69) is 40.2 Å². The lowest BCUT2D eigenvalue weighted by molar-refractivity contribution is -0.0455. The maximum absolute atomic E-state index is 12.2. The van der Waals surface area contributed by atoms with E-state index in [0.717, 1.165) is 52.2 Å². The molecular formula is C16H24N4O. The lowest BCUT2D eigenvalue weighted by Gasteiger charge is -2.44. The summed E-state index contributed by atoms with van der Waals surface area (Å²) in [5.74, 6) is 0. The van der Waals surface area contributed by atoms with Gasteiger partial charge >= 0.3 is 6.03 Å². The Labute approximate surface area is 126 Å². The lowest BCUT2D eigenvalue weighted by atomic mass is 10.2. The lowest BCUT2D eigenvalue weighted by Crippen LogP contribution is -2.60. The molecule has 0 saturated carbocycles. The Kier molecular flexibility index (Phi) is 4.41. The molecule has 2 aliphatic heterocycles. The number of benzene rings is 1. The number of carbonyl (C=O) groups excluding carboxylic acids is 1. The first-order valence-electron chi connectivity index (χ1n) is 7.78. The highest BCUT2D eigenvalue weighted by Gasteiger charge is 2.29. The zero-order valence-electron chi connectivity index (χ0n) is 12.7. The number of hydrogen-bond donors (Lipinski definition) is 0. The zero-order chi connectivity index (χ0) is 14.7. The summed E-state index contributed by atoms with van der Waals surface area (Å²) < 4.78 is 0. The van der Waals surface area contributed by atoms with Crippen molar-refractivity contribution in [3.05, 3.63) is 35.9 Å². The second-order valence-electron chi connectivity index (χ2n) is 5.90. The highest BCUT2D eigenvalue weighted by molar-refractivity contribution is 5.74. The highest BCUT2D eigenvalue weighted by atomic mass is 16.2. The van der Waals surface area contributed by atoms with Crippen molar-refractivity contribution in [3.8, 4) is 0 Å². The smallest absolute Gasteiger partial charge is 0.327 e. The number of amides is 2. The summed E-state index contributed by atoms with van der Waals surface area (Å²) in [7, 11) is 1.89. The Bertz CT molecular complexity index is 470. The molecule has 0 unspecified atom stereocenters. The van der Waals surface area contributed by atoms with Crippen molar-refractivity contribution in [2.24, 2.45) is 0 Å². The van der Waals surface area contributed by atoms with Crippen molar-refractivity contribution in [3.63, 3.8) is 0 Å². The molecular weight excluding hydrogens is 264 g/mol. The van der Waals surface area contributed by atoms with Crippen molar-refractivity contribution < 1.29 is 4.79 Å². The third kappa shape index (κ3) is 3.36. The highest BCUT2D eigenvalue weighted by Crippen LogP contribution is 2.14. The largest absolute Gasteiger partial charge is 0.334 e. The predicted molar refractivity (Wildman–Crippen MR) is 82.6 cm³/mol. The summed E-state index contributed by atoms with van der Waals surface area (Å²) in [6, 6.07) is 10.7. The van der Waals surface area contributed by atoms with Gasteiger partial charge in [-0.1, -0.05) is 30.3 Å². The maximum atomic E-state index is 12.2. The molecule has 0 N–H and O–H groups in total. The fourth-order valence-electron chi connectivity index (χ4n) is 3.09. The van der Waals surface area contributed by atoms with Crippen molar-refractivity contribution in [2.45, 2.75) is 13.0 Å². The first-order valence-corrected chi connectivity index (χ1v) is 7.78. The summed E-state index contributed by atoms with van der Waals surface area (Å²) in [5, 5.41) is 4.16. The number of carbonyl (C=O) groups is 1. The summed E-state index contributed by atoms with van der Waals surface area (Å²) in [6.45, 7) is 6.65. The molecule has 0 radical (unpaired) electrons. The van der Waals surface area contributed by atoms with Gasteiger partial charge in [0, 0.05) is 52.9 Å². The molecule has 0 aromatic heterocycles. The molecule has 1 aromatic rings. The third-order valence-electron chi connectivity index (χ3n) is 4.35. The fourth-order valence-corrected chi connectivity index (χ4v) is 3.09. The van der Waals surface area contributed by atoms with Crippen LogP contribution in [0.3, 0.4) is 0 Å². The van der Waals surface area contributed by atoms with Crippen LogP contribution in [0.15, 0.2) is 30.3 Å².